The van der Waals surface area contributed by atoms with Crippen molar-refractivity contribution < 1.29 is 158 Å². The summed E-state index contributed by atoms with van der Waals surface area (Å²) in [6.07, 6.45) is 13.1. The molecule has 0 atom stereocenters. The second kappa shape index (κ2) is 52.1. The van der Waals surface area contributed by atoms with Crippen LogP contribution in [0.1, 0.15) is 113 Å². The van der Waals surface area contributed by atoms with E-state index in [1.54, 1.807) is 107 Å². The van der Waals surface area contributed by atoms with Crippen molar-refractivity contribution in [2.24, 2.45) is 0 Å². The van der Waals surface area contributed by atoms with Gasteiger partial charge in [-0.05, 0) is 136 Å². The van der Waals surface area contributed by atoms with Crippen LogP contribution in [0.4, 0.5) is 0 Å². The number of hydrogen-bond acceptors (Lipinski definition) is 25. The standard InChI is InChI=1S/C19H17ClN2O4S.C17H14Cl2N2O3S.C17H13ClN2O4S.C17H12ClN2O3S.C4H7O.3C3H7.3Na.3H2O.Sn/c1-4-26-15(24)9-22-16-11(5-7-13(20)18(16)27-3)17(25)12-6-8-14(10(2)23)21-19(12)22;1-3-24-13(22)8-21-14-9(4-6-11(18)16(14)25-2)15(23)10-5-7-12(19)20-17(10)21;1-8(21)12-6-4-10-15(24)9-3-5-11(18)16(25-2)14(9)20(7-13(22)23)17(10)19-12;1-9(22)13-6-4-11-15(23)10-3-5-12(18)16(24-2)14(10)20(7-8-21)17(11)19-13;1-3-5-4-2;3*1-3-2;;;;;;;/h5-8H,4,9H2,1-3H3;4-7H,3,8H2,1-2H3;3-6H,7H2,1-2H3,(H,22,23);3-6H,7H2,1-2H3;1,4H2,2H3;3*1,3H2,2H3;;;;3*1H2;/q;;;-1;;;;;3*+1;;;;/p-3. The van der Waals surface area contributed by atoms with E-state index in [1.807, 2.05) is 25.1 Å². The van der Waals surface area contributed by atoms with Crippen molar-refractivity contribution in [3.05, 3.63) is 191 Å². The molecule has 634 valence electrons. The number of nitrogens with zero attached hydrogens (tertiary/aromatic N) is 8. The summed E-state index contributed by atoms with van der Waals surface area (Å²) in [5, 5.41) is 14.4. The quantitative estimate of drug-likeness (QED) is 0.00770. The van der Waals surface area contributed by atoms with E-state index in [1.165, 1.54) is 133 Å². The number of ketones is 3. The zero-order chi connectivity index (χ0) is 85.3. The molecule has 0 radical (unpaired) electrons. The summed E-state index contributed by atoms with van der Waals surface area (Å²) in [4.78, 5) is 153. The van der Waals surface area contributed by atoms with E-state index >= 15 is 0 Å². The Kier molecular flexibility index (Phi) is 48.1. The Bertz CT molecular complexity index is 6170. The Balaban J connectivity index is 0.000000516. The van der Waals surface area contributed by atoms with Gasteiger partial charge in [-0.2, -0.15) is 0 Å². The number of carbonyl (C=O) groups excluding carboxylic acids is 6. The minimum Gasteiger partial charge on any atom is -0.870 e. The molecule has 4 aromatic carbocycles. The van der Waals surface area contributed by atoms with E-state index in [2.05, 4.69) is 54.2 Å². The van der Waals surface area contributed by atoms with Gasteiger partial charge in [-0.15, -0.1) is 47.0 Å². The van der Waals surface area contributed by atoms with Gasteiger partial charge in [0, 0.05) is 42.3 Å². The largest absolute Gasteiger partial charge is 1.00 e. The fraction of sp³-hybridized carbons (Fsp3) is 0.313. The Hall–Kier alpha value is -5.48. The second-order valence-corrected chi connectivity index (χ2v) is 44.4. The third-order valence-electron chi connectivity index (χ3n) is 18.6. The number of aromatic nitrogens is 8. The Morgan fingerprint density at radius 2 is 0.672 bits per heavy atom. The Morgan fingerprint density at radius 3 is 0.934 bits per heavy atom. The molecule has 0 unspecified atom stereocenters. The van der Waals surface area contributed by atoms with E-state index in [4.69, 9.17) is 72.2 Å². The number of Topliss-reactive ketones (excluding diaryl/α,β-unsaturated/α-hetero) is 3. The van der Waals surface area contributed by atoms with Crippen molar-refractivity contribution in [3.8, 4) is 0 Å². The SMILES string of the molecule is C=[C](OCC)[Sn]([CH2]CC)([CH2]CC)[CH2]CC.CCOC(=O)Cn1c2nc(C(C)=O)ccc2c(=O)c2ccc(Cl)c(SC)c21.CCOC(=O)Cn1c2nc(Cl)ccc2c(=O)c2ccc(Cl)c(SC)c21.CSc1c(Cl)ccc2c(=O)c3ccc(C(C)=O)nc3n(CC(=O)O)c12.CSc1c(Cl)ccc2c(=O)c3ccc(C(C)=O)nc3n(C[C-]=O)c12.[Na+].[Na+].[Na+].[OH-].[OH-].[OH-]. The van der Waals surface area contributed by atoms with Gasteiger partial charge in [0.05, 0.1) is 96.5 Å². The molecule has 0 amide bonds. The monoisotopic (exact) mass is 1980 g/mol. The van der Waals surface area contributed by atoms with Gasteiger partial charge in [0.25, 0.3) is 0 Å². The molecule has 0 saturated carbocycles. The van der Waals surface area contributed by atoms with Crippen molar-refractivity contribution in [3.63, 3.8) is 0 Å². The number of halogens is 5. The molecule has 122 heavy (non-hydrogen) atoms. The van der Waals surface area contributed by atoms with Crippen LogP contribution in [0.25, 0.3) is 87.7 Å². The summed E-state index contributed by atoms with van der Waals surface area (Å²) in [7, 11) is 0. The van der Waals surface area contributed by atoms with E-state index in [0.29, 0.717) is 105 Å². The number of benzene rings is 4. The van der Waals surface area contributed by atoms with Gasteiger partial charge < -0.3 is 54.1 Å². The summed E-state index contributed by atoms with van der Waals surface area (Å²) in [6, 6.07) is 25.4. The number of aliphatic carboxylic acids is 1. The molecule has 0 spiro atoms. The maximum Gasteiger partial charge on any atom is 1.00 e. The van der Waals surface area contributed by atoms with E-state index < -0.39 is 42.8 Å². The van der Waals surface area contributed by atoms with Gasteiger partial charge >= 0.3 is 207 Å². The van der Waals surface area contributed by atoms with Crippen LogP contribution in [0.5, 0.6) is 0 Å². The number of esters is 2. The number of fused-ring (bicyclic) bond motifs is 8. The molecule has 8 heterocycles. The van der Waals surface area contributed by atoms with Crippen LogP contribution in [0.2, 0.25) is 38.6 Å². The molecule has 0 fully saturated rings. The van der Waals surface area contributed by atoms with Gasteiger partial charge in [0.2, 0.25) is 0 Å². The number of carboxylic acid groups (broad SMARTS) is 1. The molecule has 12 aromatic rings. The van der Waals surface area contributed by atoms with Crippen LogP contribution in [0, 0.1) is 0 Å². The molecular formula is C83H87Cl5N8Na3O18S4Sn-. The first kappa shape index (κ1) is 113. The second-order valence-electron chi connectivity index (χ2n) is 26.0. The predicted molar refractivity (Wildman–Crippen MR) is 480 cm³/mol. The van der Waals surface area contributed by atoms with Gasteiger partial charge in [-0.3, -0.25) is 47.9 Å². The first-order valence-corrected chi connectivity index (χ1v) is 50.8. The number of rotatable bonds is 26. The van der Waals surface area contributed by atoms with Crippen molar-refractivity contribution in [1.82, 2.24) is 38.2 Å². The number of ether oxygens (including phenoxy) is 3. The number of carbonyl (C=O) groups is 6. The van der Waals surface area contributed by atoms with Crippen LogP contribution in [-0.2, 0) is 59.6 Å². The van der Waals surface area contributed by atoms with Crippen molar-refractivity contribution >= 4 is 253 Å². The molecule has 12 rings (SSSR count). The van der Waals surface area contributed by atoms with Gasteiger partial charge in [-0.1, -0.05) is 64.5 Å². The fourth-order valence-corrected chi connectivity index (χ4v) is 32.1. The zero-order valence-electron chi connectivity index (χ0n) is 70.2. The summed E-state index contributed by atoms with van der Waals surface area (Å²) in [5.74, 6) is -2.71. The van der Waals surface area contributed by atoms with Crippen LogP contribution in [0.15, 0.2) is 146 Å². The number of hydrogen-bond donors (Lipinski definition) is 1. The summed E-state index contributed by atoms with van der Waals surface area (Å²) in [5.41, 5.74) is 2.74. The molecule has 4 N–H and O–H groups in total. The Labute approximate surface area is 815 Å². The third kappa shape index (κ3) is 25.5. The van der Waals surface area contributed by atoms with Crippen LogP contribution in [-0.4, -0.2) is 165 Å². The third-order valence-corrected chi connectivity index (χ3v) is 40.0. The van der Waals surface area contributed by atoms with E-state index in [0.717, 1.165) is 6.61 Å². The molecule has 8 aromatic heterocycles. The van der Waals surface area contributed by atoms with Crippen molar-refractivity contribution in [1.29, 1.82) is 0 Å². The van der Waals surface area contributed by atoms with Crippen LogP contribution < -0.4 is 110 Å². The molecule has 0 saturated heterocycles. The van der Waals surface area contributed by atoms with E-state index in [9.17, 15) is 57.8 Å². The summed E-state index contributed by atoms with van der Waals surface area (Å²) < 4.78 is 27.7. The predicted octanol–water partition coefficient (Wildman–Crippen LogP) is 9.52. The average Bonchev–Trinajstić information content (AvgIpc) is 0.756. The summed E-state index contributed by atoms with van der Waals surface area (Å²) in [6.45, 7) is 21.4. The molecule has 0 aliphatic heterocycles. The average molecular weight is 1980 g/mol. The maximum absolute atomic E-state index is 13.0. The molecule has 0 bridgehead atoms. The normalized spacial score (nSPS) is 10.6. The molecular weight excluding hydrogens is 1890 g/mol. The van der Waals surface area contributed by atoms with Crippen LogP contribution in [0.3, 0.4) is 0 Å². The Morgan fingerprint density at radius 1 is 0.410 bits per heavy atom. The maximum atomic E-state index is 13.0. The number of carboxylic acids is 1. The molecule has 0 aliphatic rings. The molecule has 26 nitrogen and oxygen atoms in total. The van der Waals surface area contributed by atoms with Gasteiger partial charge in [0.1, 0.15) is 64.5 Å². The van der Waals surface area contributed by atoms with Crippen LogP contribution >= 0.6 is 105 Å². The molecule has 39 heteroatoms. The molecule has 0 aliphatic carbocycles. The van der Waals surface area contributed by atoms with Gasteiger partial charge in [0.15, 0.2) is 39.1 Å². The zero-order valence-corrected chi connectivity index (χ0v) is 86.1. The number of pyridine rings is 8. The van der Waals surface area contributed by atoms with Crippen molar-refractivity contribution in [2.45, 2.75) is 141 Å². The van der Waals surface area contributed by atoms with Gasteiger partial charge in [-0.25, -0.2) is 26.2 Å². The van der Waals surface area contributed by atoms with Crippen molar-refractivity contribution in [2.75, 3.05) is 44.8 Å². The topological polar surface area (TPSA) is 397 Å². The summed E-state index contributed by atoms with van der Waals surface area (Å²) >= 11 is 34.5. The minimum atomic E-state index is -2.15. The first-order chi connectivity index (χ1) is 55.4. The smallest absolute Gasteiger partial charge is 0.870 e. The van der Waals surface area contributed by atoms with E-state index in [-0.39, 0.29) is 222 Å². The fourth-order valence-electron chi connectivity index (χ4n) is 13.7. The number of thioether (sulfide) groups is 4. The minimum absolute atomic E-state index is 0. The first-order valence-electron chi connectivity index (χ1n) is 36.5.